The number of aryl methyl sites for hydroxylation is 1. The fourth-order valence-corrected chi connectivity index (χ4v) is 2.01. The molecule has 0 saturated heterocycles. The average Bonchev–Trinajstić information content (AvgIpc) is 2.41. The predicted molar refractivity (Wildman–Crippen MR) is 84.8 cm³/mol. The zero-order valence-corrected chi connectivity index (χ0v) is 12.4. The minimum absolute atomic E-state index is 0.314. The molecule has 104 valence electrons. The summed E-state index contributed by atoms with van der Waals surface area (Å²) < 4.78 is 11.5. The van der Waals surface area contributed by atoms with E-state index in [1.165, 1.54) is 0 Å². The highest BCUT2D eigenvalue weighted by Crippen LogP contribution is 2.33. The Labute approximate surface area is 124 Å². The largest absolute Gasteiger partial charge is 0.490 e. The van der Waals surface area contributed by atoms with E-state index in [2.05, 4.69) is 0 Å². The molecule has 0 fully saturated rings. The van der Waals surface area contributed by atoms with Crippen LogP contribution >= 0.6 is 12.2 Å². The summed E-state index contributed by atoms with van der Waals surface area (Å²) in [5, 5.41) is 0. The molecule has 20 heavy (non-hydrogen) atoms. The van der Waals surface area contributed by atoms with Crippen LogP contribution in [0.3, 0.4) is 0 Å². The predicted octanol–water partition coefficient (Wildman–Crippen LogP) is 3.82. The van der Waals surface area contributed by atoms with Crippen molar-refractivity contribution in [1.29, 1.82) is 0 Å². The third kappa shape index (κ3) is 3.27. The highest BCUT2D eigenvalue weighted by atomic mass is 32.1. The first-order valence-electron chi connectivity index (χ1n) is 6.42. The number of nitrogens with two attached hydrogens (primary N) is 1. The van der Waals surface area contributed by atoms with E-state index < -0.39 is 0 Å². The van der Waals surface area contributed by atoms with Gasteiger partial charge in [-0.25, -0.2) is 0 Å². The van der Waals surface area contributed by atoms with Gasteiger partial charge >= 0.3 is 0 Å². The molecule has 4 heteroatoms. The summed E-state index contributed by atoms with van der Waals surface area (Å²) in [6.45, 7) is 4.50. The lowest BCUT2D eigenvalue weighted by Crippen LogP contribution is -2.11. The summed E-state index contributed by atoms with van der Waals surface area (Å²) in [6, 6.07) is 13.3. The molecule has 0 heterocycles. The smallest absolute Gasteiger partial charge is 0.169 e. The first-order valence-corrected chi connectivity index (χ1v) is 6.82. The number of thiocarbonyl (C=S) groups is 1. The Morgan fingerprint density at radius 2 is 1.80 bits per heavy atom. The van der Waals surface area contributed by atoms with E-state index in [-0.39, 0.29) is 0 Å². The van der Waals surface area contributed by atoms with Crippen molar-refractivity contribution in [1.82, 2.24) is 0 Å². The van der Waals surface area contributed by atoms with E-state index >= 15 is 0 Å². The second-order valence-electron chi connectivity index (χ2n) is 4.35. The molecule has 0 bridgehead atoms. The Morgan fingerprint density at radius 1 is 1.10 bits per heavy atom. The van der Waals surface area contributed by atoms with Crippen LogP contribution in [0.25, 0.3) is 0 Å². The molecule has 0 atom stereocenters. The van der Waals surface area contributed by atoms with Crippen molar-refractivity contribution in [2.24, 2.45) is 5.73 Å². The maximum absolute atomic E-state index is 5.94. The van der Waals surface area contributed by atoms with Gasteiger partial charge in [0.15, 0.2) is 11.5 Å². The van der Waals surface area contributed by atoms with Crippen LogP contribution in [0.2, 0.25) is 0 Å². The van der Waals surface area contributed by atoms with Gasteiger partial charge in [0.2, 0.25) is 0 Å². The molecule has 0 aliphatic heterocycles. The number of rotatable bonds is 5. The third-order valence-electron chi connectivity index (χ3n) is 2.77. The lowest BCUT2D eigenvalue weighted by Gasteiger charge is -2.14. The summed E-state index contributed by atoms with van der Waals surface area (Å²) in [5.74, 6) is 1.99. The first-order chi connectivity index (χ1) is 9.61. The normalized spacial score (nSPS) is 10.1. The van der Waals surface area contributed by atoms with E-state index in [9.17, 15) is 0 Å². The molecule has 0 aliphatic carbocycles. The molecule has 0 aromatic heterocycles. The zero-order chi connectivity index (χ0) is 14.5. The molecule has 3 nitrogen and oxygen atoms in total. The lowest BCUT2D eigenvalue weighted by molar-refractivity contribution is 0.321. The van der Waals surface area contributed by atoms with Crippen LogP contribution in [0.5, 0.6) is 17.2 Å². The van der Waals surface area contributed by atoms with E-state index in [1.807, 2.05) is 56.3 Å². The van der Waals surface area contributed by atoms with E-state index in [0.717, 1.165) is 11.1 Å². The van der Waals surface area contributed by atoms with Crippen molar-refractivity contribution in [2.45, 2.75) is 13.8 Å². The Balaban J connectivity index is 2.39. The van der Waals surface area contributed by atoms with Gasteiger partial charge in [-0.05, 0) is 43.7 Å². The van der Waals surface area contributed by atoms with Crippen molar-refractivity contribution in [3.63, 3.8) is 0 Å². The van der Waals surface area contributed by atoms with E-state index in [1.54, 1.807) is 0 Å². The SMILES string of the molecule is CCOc1ccccc1Oc1cc(C)ccc1C(N)=S. The molecule has 0 aliphatic rings. The Kier molecular flexibility index (Phi) is 4.58. The van der Waals surface area contributed by atoms with E-state index in [4.69, 9.17) is 27.4 Å². The Bertz CT molecular complexity index is 626. The number of para-hydroxylation sites is 2. The summed E-state index contributed by atoms with van der Waals surface area (Å²) in [5.41, 5.74) is 7.53. The number of hydrogen-bond acceptors (Lipinski definition) is 3. The summed E-state index contributed by atoms with van der Waals surface area (Å²) in [4.78, 5) is 0.314. The number of benzene rings is 2. The molecule has 2 N–H and O–H groups in total. The molecular formula is C16H17NO2S. The Morgan fingerprint density at radius 3 is 2.45 bits per heavy atom. The van der Waals surface area contributed by atoms with Gasteiger partial charge in [0, 0.05) is 0 Å². The quantitative estimate of drug-likeness (QED) is 0.849. The molecule has 2 aromatic rings. The van der Waals surface area contributed by atoms with Crippen LogP contribution in [0.15, 0.2) is 42.5 Å². The minimum Gasteiger partial charge on any atom is -0.490 e. The third-order valence-corrected chi connectivity index (χ3v) is 2.99. The molecular weight excluding hydrogens is 270 g/mol. The number of ether oxygens (including phenoxy) is 2. The molecule has 0 saturated carbocycles. The zero-order valence-electron chi connectivity index (χ0n) is 11.6. The minimum atomic E-state index is 0.314. The van der Waals surface area contributed by atoms with Gasteiger partial charge in [0.05, 0.1) is 12.2 Å². The van der Waals surface area contributed by atoms with E-state index in [0.29, 0.717) is 28.8 Å². The maximum atomic E-state index is 5.94. The van der Waals surface area contributed by atoms with Crippen molar-refractivity contribution in [3.8, 4) is 17.2 Å². The van der Waals surface area contributed by atoms with Crippen molar-refractivity contribution < 1.29 is 9.47 Å². The van der Waals surface area contributed by atoms with Crippen LogP contribution in [0.4, 0.5) is 0 Å². The molecule has 2 aromatic carbocycles. The standard InChI is InChI=1S/C16H17NO2S/c1-3-18-13-6-4-5-7-14(13)19-15-10-11(2)8-9-12(15)16(17)20/h4-10H,3H2,1-2H3,(H2,17,20). The van der Waals surface area contributed by atoms with Gasteiger partial charge in [-0.15, -0.1) is 0 Å². The highest BCUT2D eigenvalue weighted by Gasteiger charge is 2.11. The molecule has 0 radical (unpaired) electrons. The van der Waals surface area contributed by atoms with Crippen molar-refractivity contribution in [3.05, 3.63) is 53.6 Å². The van der Waals surface area contributed by atoms with Crippen molar-refractivity contribution in [2.75, 3.05) is 6.61 Å². The second-order valence-corrected chi connectivity index (χ2v) is 4.79. The summed E-state index contributed by atoms with van der Waals surface area (Å²) >= 11 is 5.06. The van der Waals surface area contributed by atoms with Crippen molar-refractivity contribution >= 4 is 17.2 Å². The summed E-state index contributed by atoms with van der Waals surface area (Å²) in [7, 11) is 0. The molecule has 2 rings (SSSR count). The number of hydrogen-bond donors (Lipinski definition) is 1. The van der Waals surface area contributed by atoms with Gasteiger partial charge in [-0.2, -0.15) is 0 Å². The molecule has 0 spiro atoms. The van der Waals surface area contributed by atoms with Gasteiger partial charge < -0.3 is 15.2 Å². The fraction of sp³-hybridized carbons (Fsp3) is 0.188. The van der Waals surface area contributed by atoms with Crippen LogP contribution in [-0.2, 0) is 0 Å². The summed E-state index contributed by atoms with van der Waals surface area (Å²) in [6.07, 6.45) is 0. The van der Waals surface area contributed by atoms with Crippen LogP contribution < -0.4 is 15.2 Å². The highest BCUT2D eigenvalue weighted by molar-refractivity contribution is 7.80. The monoisotopic (exact) mass is 287 g/mol. The van der Waals surface area contributed by atoms with Gasteiger partial charge in [-0.1, -0.05) is 30.4 Å². The fourth-order valence-electron chi connectivity index (χ4n) is 1.85. The van der Waals surface area contributed by atoms with Crippen LogP contribution in [0, 0.1) is 6.92 Å². The van der Waals surface area contributed by atoms with Gasteiger partial charge in [0.25, 0.3) is 0 Å². The lowest BCUT2D eigenvalue weighted by atomic mass is 10.1. The van der Waals surface area contributed by atoms with Gasteiger partial charge in [0.1, 0.15) is 10.7 Å². The topological polar surface area (TPSA) is 44.5 Å². The van der Waals surface area contributed by atoms with Crippen LogP contribution in [-0.4, -0.2) is 11.6 Å². The first kappa shape index (κ1) is 14.3. The second kappa shape index (κ2) is 6.39. The Hall–Kier alpha value is -2.07. The van der Waals surface area contributed by atoms with Gasteiger partial charge in [-0.3, -0.25) is 0 Å². The van der Waals surface area contributed by atoms with Crippen LogP contribution in [0.1, 0.15) is 18.1 Å². The molecule has 0 amide bonds. The maximum Gasteiger partial charge on any atom is 0.169 e. The molecule has 0 unspecified atom stereocenters. The average molecular weight is 287 g/mol.